The maximum atomic E-state index is 10.6. The number of allylic oxidation sites excluding steroid dienone is 2. The molecule has 1 rings (SSSR count). The third kappa shape index (κ3) is 3.38. The van der Waals surface area contributed by atoms with Crippen molar-refractivity contribution in [3.05, 3.63) is 47.8 Å². The lowest BCUT2D eigenvalue weighted by Gasteiger charge is -2.21. The Bertz CT molecular complexity index is 546. The maximum Gasteiger partial charge on any atom is 0.156 e. The highest BCUT2D eigenvalue weighted by Crippen LogP contribution is 2.25. The lowest BCUT2D eigenvalue weighted by atomic mass is 10.1. The van der Waals surface area contributed by atoms with Gasteiger partial charge in [0.2, 0.25) is 0 Å². The largest absolute Gasteiger partial charge is 0.399 e. The summed E-state index contributed by atoms with van der Waals surface area (Å²) in [6.45, 7) is 8.75. The third-order valence-electron chi connectivity index (χ3n) is 2.42. The molecule has 19 heavy (non-hydrogen) atoms. The van der Waals surface area contributed by atoms with Crippen LogP contribution in [0.3, 0.4) is 0 Å². The summed E-state index contributed by atoms with van der Waals surface area (Å²) in [5.74, 6) is 0.292. The molecule has 0 bridgehead atoms. The molecule has 5 nitrogen and oxygen atoms in total. The Labute approximate surface area is 112 Å². The van der Waals surface area contributed by atoms with Crippen LogP contribution < -0.4 is 5.73 Å². The van der Waals surface area contributed by atoms with E-state index in [2.05, 4.69) is 23.5 Å². The van der Waals surface area contributed by atoms with Crippen molar-refractivity contribution in [1.29, 1.82) is 0 Å². The van der Waals surface area contributed by atoms with Gasteiger partial charge in [-0.25, -0.2) is 10.0 Å². The molecule has 0 amide bonds. The number of nitrogen functional groups attached to an aromatic ring is 1. The van der Waals surface area contributed by atoms with Gasteiger partial charge in [0, 0.05) is 24.0 Å². The van der Waals surface area contributed by atoms with Crippen LogP contribution in [0.1, 0.15) is 12.5 Å². The number of hydrogen-bond acceptors (Lipinski definition) is 5. The molecule has 0 aliphatic heterocycles. The Hall–Kier alpha value is -2.69. The molecular formula is C14H16N4O. The van der Waals surface area contributed by atoms with Gasteiger partial charge in [-0.15, -0.1) is 0 Å². The van der Waals surface area contributed by atoms with Crippen LogP contribution in [0.2, 0.25) is 0 Å². The molecule has 98 valence electrons. The van der Waals surface area contributed by atoms with E-state index in [1.807, 2.05) is 25.1 Å². The number of nitrogens with zero attached hydrogens (tertiary/aromatic N) is 3. The molecule has 2 N–H and O–H groups in total. The molecule has 0 atom stereocenters. The zero-order valence-corrected chi connectivity index (χ0v) is 10.8. The maximum absolute atomic E-state index is 10.6. The van der Waals surface area contributed by atoms with Crippen LogP contribution in [0.15, 0.2) is 52.3 Å². The summed E-state index contributed by atoms with van der Waals surface area (Å²) in [5.41, 5.74) is 7.95. The summed E-state index contributed by atoms with van der Waals surface area (Å²) in [4.78, 5) is 14.4. The van der Waals surface area contributed by atoms with Crippen molar-refractivity contribution in [2.45, 2.75) is 6.92 Å². The summed E-state index contributed by atoms with van der Waals surface area (Å²) >= 11 is 0. The monoisotopic (exact) mass is 256 g/mol. The molecule has 0 saturated heterocycles. The predicted octanol–water partition coefficient (Wildman–Crippen LogP) is 2.29. The number of aldehydes is 1. The lowest BCUT2D eigenvalue weighted by molar-refractivity contribution is -0.104. The first kappa shape index (κ1) is 14.4. The van der Waals surface area contributed by atoms with Gasteiger partial charge in [-0.2, -0.15) is 5.10 Å². The Balaban J connectivity index is 3.28. The van der Waals surface area contributed by atoms with Gasteiger partial charge in [-0.3, -0.25) is 4.79 Å². The van der Waals surface area contributed by atoms with Crippen molar-refractivity contribution < 1.29 is 4.79 Å². The van der Waals surface area contributed by atoms with E-state index in [4.69, 9.17) is 5.73 Å². The number of hydrogen-bond donors (Lipinski definition) is 1. The Morgan fingerprint density at radius 2 is 2.16 bits per heavy atom. The van der Waals surface area contributed by atoms with Gasteiger partial charge < -0.3 is 5.73 Å². The number of hydrazone groups is 1. The summed E-state index contributed by atoms with van der Waals surface area (Å²) in [6, 6.07) is 7.30. The number of nitrogens with two attached hydrogens (primary N) is 1. The number of carbonyl (C=O) groups is 1. The molecule has 0 fully saturated rings. The second-order valence-corrected chi connectivity index (χ2v) is 3.57. The van der Waals surface area contributed by atoms with Gasteiger partial charge in [-0.1, -0.05) is 18.2 Å². The first-order valence-electron chi connectivity index (χ1n) is 5.59. The van der Waals surface area contributed by atoms with Gasteiger partial charge >= 0.3 is 0 Å². The van der Waals surface area contributed by atoms with Crippen molar-refractivity contribution in [2.75, 3.05) is 5.73 Å². The van der Waals surface area contributed by atoms with Crippen molar-refractivity contribution in [1.82, 2.24) is 5.01 Å². The van der Waals surface area contributed by atoms with Crippen molar-refractivity contribution >= 4 is 31.1 Å². The average Bonchev–Trinajstić information content (AvgIpc) is 2.42. The predicted molar refractivity (Wildman–Crippen MR) is 79.6 cm³/mol. The number of rotatable bonds is 6. The first-order valence-corrected chi connectivity index (χ1v) is 5.59. The number of anilines is 1. The first-order chi connectivity index (χ1) is 9.17. The van der Waals surface area contributed by atoms with E-state index in [1.165, 1.54) is 11.1 Å². The SMILES string of the molecule is C=N/C(=C\C=O)N(N=C)/C(=C\C)c1cccc(N)c1. The fourth-order valence-electron chi connectivity index (χ4n) is 1.63. The standard InChI is InChI=1S/C14H16N4O/c1-4-13(11-6-5-7-12(15)10-11)18(17-3)14(16-2)8-9-19/h4-10H,2-3,15H2,1H3/b13-4-,14-8+. The minimum atomic E-state index is 0.292. The number of aliphatic imine (C=N–C) groups is 1. The average molecular weight is 256 g/mol. The molecule has 1 aromatic carbocycles. The number of benzene rings is 1. The van der Waals surface area contributed by atoms with Crippen LogP contribution in [0, 0.1) is 0 Å². The van der Waals surface area contributed by atoms with Gasteiger partial charge in [0.1, 0.15) is 6.29 Å². The lowest BCUT2D eigenvalue weighted by Crippen LogP contribution is -2.14. The Kier molecular flexibility index (Phi) is 5.22. The molecule has 0 aliphatic rings. The molecule has 0 spiro atoms. The molecule has 0 unspecified atom stereocenters. The quantitative estimate of drug-likeness (QED) is 0.279. The molecule has 1 aromatic rings. The minimum absolute atomic E-state index is 0.292. The van der Waals surface area contributed by atoms with Gasteiger partial charge in [-0.05, 0) is 25.8 Å². The van der Waals surface area contributed by atoms with E-state index in [0.29, 0.717) is 23.5 Å². The van der Waals surface area contributed by atoms with Crippen molar-refractivity contribution in [2.24, 2.45) is 10.1 Å². The number of carbonyl (C=O) groups excluding carboxylic acids is 1. The summed E-state index contributed by atoms with van der Waals surface area (Å²) < 4.78 is 0. The normalized spacial score (nSPS) is 11.8. The van der Waals surface area contributed by atoms with E-state index < -0.39 is 0 Å². The molecular weight excluding hydrogens is 240 g/mol. The van der Waals surface area contributed by atoms with E-state index >= 15 is 0 Å². The van der Waals surface area contributed by atoms with Gasteiger partial charge in [0.05, 0.1) is 5.70 Å². The zero-order chi connectivity index (χ0) is 14.3. The van der Waals surface area contributed by atoms with Crippen molar-refractivity contribution in [3.63, 3.8) is 0 Å². The zero-order valence-electron chi connectivity index (χ0n) is 10.8. The van der Waals surface area contributed by atoms with Crippen LogP contribution in [0.25, 0.3) is 5.70 Å². The Morgan fingerprint density at radius 1 is 1.42 bits per heavy atom. The fourth-order valence-corrected chi connectivity index (χ4v) is 1.63. The molecule has 0 aromatic heterocycles. The smallest absolute Gasteiger partial charge is 0.156 e. The van der Waals surface area contributed by atoms with Crippen LogP contribution in [0.5, 0.6) is 0 Å². The van der Waals surface area contributed by atoms with Gasteiger partial charge in [0.25, 0.3) is 0 Å². The highest BCUT2D eigenvalue weighted by Gasteiger charge is 2.13. The summed E-state index contributed by atoms with van der Waals surface area (Å²) in [6.07, 6.45) is 3.71. The molecule has 0 saturated carbocycles. The fraction of sp³-hybridized carbons (Fsp3) is 0.0714. The second kappa shape index (κ2) is 6.90. The van der Waals surface area contributed by atoms with Crippen molar-refractivity contribution in [3.8, 4) is 0 Å². The second-order valence-electron chi connectivity index (χ2n) is 3.57. The highest BCUT2D eigenvalue weighted by atomic mass is 16.1. The van der Waals surface area contributed by atoms with Crippen LogP contribution in [0.4, 0.5) is 5.69 Å². The highest BCUT2D eigenvalue weighted by molar-refractivity contribution is 5.71. The molecule has 0 radical (unpaired) electrons. The van der Waals surface area contributed by atoms with E-state index in [0.717, 1.165) is 5.56 Å². The van der Waals surface area contributed by atoms with Crippen LogP contribution in [-0.2, 0) is 4.79 Å². The molecule has 0 aliphatic carbocycles. The summed E-state index contributed by atoms with van der Waals surface area (Å²) in [7, 11) is 0. The molecule has 5 heteroatoms. The summed E-state index contributed by atoms with van der Waals surface area (Å²) in [5, 5.41) is 5.30. The van der Waals surface area contributed by atoms with Gasteiger partial charge in [0.15, 0.2) is 5.82 Å². The van der Waals surface area contributed by atoms with Crippen LogP contribution in [-0.4, -0.2) is 24.7 Å². The Morgan fingerprint density at radius 3 is 2.63 bits per heavy atom. The minimum Gasteiger partial charge on any atom is -0.399 e. The molecule has 0 heterocycles. The van der Waals surface area contributed by atoms with E-state index in [1.54, 1.807) is 12.1 Å². The van der Waals surface area contributed by atoms with E-state index in [9.17, 15) is 4.79 Å². The third-order valence-corrected chi connectivity index (χ3v) is 2.42. The topological polar surface area (TPSA) is 71.0 Å². The van der Waals surface area contributed by atoms with Crippen LogP contribution >= 0.6 is 0 Å². The van der Waals surface area contributed by atoms with E-state index in [-0.39, 0.29) is 0 Å².